The van der Waals surface area contributed by atoms with Gasteiger partial charge in [0.2, 0.25) is 5.91 Å². The van der Waals surface area contributed by atoms with Crippen molar-refractivity contribution in [1.82, 2.24) is 10.3 Å². The van der Waals surface area contributed by atoms with Crippen LogP contribution in [0.3, 0.4) is 0 Å². The highest BCUT2D eigenvalue weighted by atomic mass is 16.5. The first-order valence-electron chi connectivity index (χ1n) is 8.20. The maximum Gasteiger partial charge on any atom is 0.238 e. The molecule has 24 heavy (non-hydrogen) atoms. The smallest absolute Gasteiger partial charge is 0.238 e. The van der Waals surface area contributed by atoms with Gasteiger partial charge in [-0.2, -0.15) is 0 Å². The van der Waals surface area contributed by atoms with E-state index in [1.165, 1.54) is 0 Å². The topological polar surface area (TPSA) is 76.8 Å². The molecule has 1 aromatic carbocycles. The third-order valence-corrected chi connectivity index (χ3v) is 4.13. The van der Waals surface area contributed by atoms with E-state index in [-0.39, 0.29) is 11.8 Å². The molecule has 1 aliphatic heterocycles. The minimum absolute atomic E-state index is 0.0381. The second-order valence-corrected chi connectivity index (χ2v) is 6.31. The molecule has 0 saturated carbocycles. The van der Waals surface area contributed by atoms with E-state index in [0.717, 1.165) is 43.6 Å². The number of hydrogen-bond acceptors (Lipinski definition) is 5. The number of ether oxygens (including phenoxy) is 2. The molecule has 1 atom stereocenters. The van der Waals surface area contributed by atoms with E-state index in [1.54, 1.807) is 7.11 Å². The average Bonchev–Trinajstić information content (AvgIpc) is 2.59. The number of nitrogens with one attached hydrogen (secondary N) is 1. The highest BCUT2D eigenvalue weighted by Crippen LogP contribution is 2.29. The molecule has 0 spiro atoms. The van der Waals surface area contributed by atoms with Crippen molar-refractivity contribution in [1.29, 1.82) is 0 Å². The molecule has 1 heterocycles. The number of piperidine rings is 1. The molecular weight excluding hydrogens is 306 g/mol. The Bertz CT molecular complexity index is 589. The van der Waals surface area contributed by atoms with E-state index in [1.807, 2.05) is 25.1 Å². The number of carbonyl (C=O) groups excluding carboxylic acids is 1. The number of methoxy groups -OCH3 is 1. The Morgan fingerprint density at radius 2 is 2.25 bits per heavy atom. The minimum atomic E-state index is -0.0826. The molecule has 0 aliphatic carbocycles. The number of nitrogens with zero attached hydrogens (tertiary/aromatic N) is 1. The molecule has 1 aromatic rings. The van der Waals surface area contributed by atoms with Gasteiger partial charge in [-0.05, 0) is 49.6 Å². The van der Waals surface area contributed by atoms with E-state index in [4.69, 9.17) is 15.3 Å². The third-order valence-electron chi connectivity index (χ3n) is 4.13. The fourth-order valence-corrected chi connectivity index (χ4v) is 2.92. The van der Waals surface area contributed by atoms with Gasteiger partial charge in [0.25, 0.3) is 0 Å². The van der Waals surface area contributed by atoms with Crippen molar-refractivity contribution in [3.8, 4) is 11.5 Å². The fraction of sp³-hybridized carbons (Fsp3) is 0.500. The maximum atomic E-state index is 11.7. The average molecular weight is 333 g/mol. The zero-order chi connectivity index (χ0) is 17.5. The largest absolute Gasteiger partial charge is 0.493 e. The Balaban J connectivity index is 2.01. The van der Waals surface area contributed by atoms with Gasteiger partial charge < -0.3 is 9.47 Å². The number of likely N-dealkylation sites (tertiary alicyclic amines) is 1. The Hall–Kier alpha value is -2.05. The molecule has 6 heteroatoms. The monoisotopic (exact) mass is 333 g/mol. The third kappa shape index (κ3) is 4.97. The van der Waals surface area contributed by atoms with Crippen LogP contribution < -0.4 is 20.7 Å². The summed E-state index contributed by atoms with van der Waals surface area (Å²) in [5.74, 6) is 6.55. The number of rotatable bonds is 7. The van der Waals surface area contributed by atoms with Crippen molar-refractivity contribution in [3.63, 3.8) is 0 Å². The van der Waals surface area contributed by atoms with Crippen LogP contribution in [0, 0.1) is 5.92 Å². The number of benzene rings is 1. The van der Waals surface area contributed by atoms with Gasteiger partial charge in [0.15, 0.2) is 11.5 Å². The standard InChI is InChI=1S/C18H27N3O3/c1-13(2)12-24-16-7-6-14(9-17(16)23-3)10-21-8-4-5-15(11-21)18(22)20-19/h6-7,9,15H,1,4-5,8,10-12,19H2,2-3H3,(H,20,22). The Labute approximate surface area is 143 Å². The molecule has 1 saturated heterocycles. The van der Waals surface area contributed by atoms with Gasteiger partial charge in [-0.1, -0.05) is 12.6 Å². The molecule has 6 nitrogen and oxygen atoms in total. The van der Waals surface area contributed by atoms with Gasteiger partial charge in [0, 0.05) is 13.1 Å². The zero-order valence-electron chi connectivity index (χ0n) is 14.5. The second kappa shape index (κ2) is 8.70. The van der Waals surface area contributed by atoms with Crippen LogP contribution in [-0.4, -0.2) is 37.6 Å². The highest BCUT2D eigenvalue weighted by Gasteiger charge is 2.25. The highest BCUT2D eigenvalue weighted by molar-refractivity contribution is 5.78. The van der Waals surface area contributed by atoms with Crippen molar-refractivity contribution in [2.75, 3.05) is 26.8 Å². The summed E-state index contributed by atoms with van der Waals surface area (Å²) >= 11 is 0. The minimum Gasteiger partial charge on any atom is -0.493 e. The lowest BCUT2D eigenvalue weighted by Gasteiger charge is -2.31. The second-order valence-electron chi connectivity index (χ2n) is 6.31. The van der Waals surface area contributed by atoms with Crippen LogP contribution in [0.4, 0.5) is 0 Å². The van der Waals surface area contributed by atoms with Gasteiger partial charge in [-0.15, -0.1) is 0 Å². The van der Waals surface area contributed by atoms with Crippen molar-refractivity contribution < 1.29 is 14.3 Å². The van der Waals surface area contributed by atoms with Gasteiger partial charge in [0.05, 0.1) is 13.0 Å². The molecule has 1 amide bonds. The molecule has 0 radical (unpaired) electrons. The molecule has 0 bridgehead atoms. The predicted molar refractivity (Wildman–Crippen MR) is 93.6 cm³/mol. The Morgan fingerprint density at radius 3 is 2.92 bits per heavy atom. The summed E-state index contributed by atoms with van der Waals surface area (Å²) in [7, 11) is 1.63. The quantitative estimate of drug-likeness (QED) is 0.345. The van der Waals surface area contributed by atoms with Crippen molar-refractivity contribution in [2.45, 2.75) is 26.3 Å². The summed E-state index contributed by atoms with van der Waals surface area (Å²) in [4.78, 5) is 14.0. The number of carbonyl (C=O) groups is 1. The molecule has 0 aromatic heterocycles. The van der Waals surface area contributed by atoms with E-state index in [2.05, 4.69) is 16.9 Å². The first kappa shape index (κ1) is 18.3. The molecule has 2 rings (SSSR count). The lowest BCUT2D eigenvalue weighted by molar-refractivity contribution is -0.126. The molecule has 1 fully saturated rings. The van der Waals surface area contributed by atoms with E-state index in [9.17, 15) is 4.79 Å². The van der Waals surface area contributed by atoms with Crippen LogP contribution in [-0.2, 0) is 11.3 Å². The van der Waals surface area contributed by atoms with Crippen LogP contribution >= 0.6 is 0 Å². The maximum absolute atomic E-state index is 11.7. The van der Waals surface area contributed by atoms with Gasteiger partial charge >= 0.3 is 0 Å². The summed E-state index contributed by atoms with van der Waals surface area (Å²) in [6.07, 6.45) is 1.88. The lowest BCUT2D eigenvalue weighted by atomic mass is 9.97. The molecule has 132 valence electrons. The molecular formula is C18H27N3O3. The van der Waals surface area contributed by atoms with E-state index >= 15 is 0 Å². The van der Waals surface area contributed by atoms with Gasteiger partial charge in [-0.25, -0.2) is 5.84 Å². The van der Waals surface area contributed by atoms with Crippen LogP contribution in [0.15, 0.2) is 30.4 Å². The number of amides is 1. The van der Waals surface area contributed by atoms with Crippen LogP contribution in [0.25, 0.3) is 0 Å². The number of hydrogen-bond donors (Lipinski definition) is 2. The fourth-order valence-electron chi connectivity index (χ4n) is 2.92. The van der Waals surface area contributed by atoms with Crippen LogP contribution in [0.1, 0.15) is 25.3 Å². The van der Waals surface area contributed by atoms with Crippen LogP contribution in [0.2, 0.25) is 0 Å². The summed E-state index contributed by atoms with van der Waals surface area (Å²) in [6.45, 7) is 8.69. The van der Waals surface area contributed by atoms with Crippen molar-refractivity contribution >= 4 is 5.91 Å². The molecule has 1 aliphatic rings. The first-order valence-corrected chi connectivity index (χ1v) is 8.20. The van der Waals surface area contributed by atoms with Crippen molar-refractivity contribution in [2.24, 2.45) is 11.8 Å². The molecule has 1 unspecified atom stereocenters. The normalized spacial score (nSPS) is 18.0. The Morgan fingerprint density at radius 1 is 1.46 bits per heavy atom. The van der Waals surface area contributed by atoms with E-state index in [0.29, 0.717) is 18.1 Å². The van der Waals surface area contributed by atoms with E-state index < -0.39 is 0 Å². The first-order chi connectivity index (χ1) is 11.5. The summed E-state index contributed by atoms with van der Waals surface area (Å²) in [5.41, 5.74) is 4.34. The summed E-state index contributed by atoms with van der Waals surface area (Å²) in [6, 6.07) is 5.94. The predicted octanol–water partition coefficient (Wildman–Crippen LogP) is 1.85. The van der Waals surface area contributed by atoms with Gasteiger partial charge in [-0.3, -0.25) is 15.1 Å². The number of hydrazine groups is 1. The SMILES string of the molecule is C=C(C)COc1ccc(CN2CCCC(C(=O)NN)C2)cc1OC. The van der Waals surface area contributed by atoms with Crippen LogP contribution in [0.5, 0.6) is 11.5 Å². The van der Waals surface area contributed by atoms with Gasteiger partial charge in [0.1, 0.15) is 6.61 Å². The summed E-state index contributed by atoms with van der Waals surface area (Å²) in [5, 5.41) is 0. The summed E-state index contributed by atoms with van der Waals surface area (Å²) < 4.78 is 11.1. The molecule has 3 N–H and O–H groups in total. The zero-order valence-corrected chi connectivity index (χ0v) is 14.5. The lowest BCUT2D eigenvalue weighted by Crippen LogP contribution is -2.44. The van der Waals surface area contributed by atoms with Crippen molar-refractivity contribution in [3.05, 3.63) is 35.9 Å². The Kier molecular flexibility index (Phi) is 6.63. The number of nitrogens with two attached hydrogens (primary N) is 1.